The van der Waals surface area contributed by atoms with Crippen molar-refractivity contribution in [1.29, 1.82) is 0 Å². The second-order valence-corrected chi connectivity index (χ2v) is 2.78. The Labute approximate surface area is 84.8 Å². The van der Waals surface area contributed by atoms with Gasteiger partial charge in [-0.3, -0.25) is 4.79 Å². The summed E-state index contributed by atoms with van der Waals surface area (Å²) in [6.45, 7) is 7.62. The molecule has 82 valence electrons. The molecular weight excluding hydrogens is 182 g/mol. The number of amides is 3. The maximum Gasteiger partial charge on any atom is 0.315 e. The molecule has 3 amide bonds. The van der Waals surface area contributed by atoms with Gasteiger partial charge in [-0.2, -0.15) is 0 Å². The second kappa shape index (κ2) is 7.17. The van der Waals surface area contributed by atoms with Crippen LogP contribution in [0, 0.1) is 0 Å². The first kappa shape index (κ1) is 12.7. The van der Waals surface area contributed by atoms with Crippen molar-refractivity contribution in [3.05, 3.63) is 0 Å². The van der Waals surface area contributed by atoms with Gasteiger partial charge in [0.15, 0.2) is 0 Å². The Morgan fingerprint density at radius 3 is 2.07 bits per heavy atom. The molecule has 0 aromatic heterocycles. The third kappa shape index (κ3) is 4.69. The van der Waals surface area contributed by atoms with Gasteiger partial charge < -0.3 is 15.5 Å². The minimum absolute atomic E-state index is 0.0544. The fourth-order valence-electron chi connectivity index (χ4n) is 1.07. The van der Waals surface area contributed by atoms with Gasteiger partial charge in [-0.1, -0.05) is 0 Å². The fraction of sp³-hybridized carbons (Fsp3) is 0.778. The SMILES string of the molecule is CCNC(=O)NCC(=O)N(CC)CC. The van der Waals surface area contributed by atoms with Crippen molar-refractivity contribution in [1.82, 2.24) is 15.5 Å². The Hall–Kier alpha value is -1.26. The molecule has 0 heterocycles. The molecule has 5 nitrogen and oxygen atoms in total. The van der Waals surface area contributed by atoms with Crippen LogP contribution >= 0.6 is 0 Å². The van der Waals surface area contributed by atoms with Crippen LogP contribution in [-0.2, 0) is 4.79 Å². The lowest BCUT2D eigenvalue weighted by Gasteiger charge is -2.18. The highest BCUT2D eigenvalue weighted by molar-refractivity contribution is 5.83. The summed E-state index contributed by atoms with van der Waals surface area (Å²) in [5, 5.41) is 5.05. The fourth-order valence-corrected chi connectivity index (χ4v) is 1.07. The van der Waals surface area contributed by atoms with Gasteiger partial charge in [-0.05, 0) is 20.8 Å². The molecule has 5 heteroatoms. The van der Waals surface area contributed by atoms with Crippen LogP contribution in [0.25, 0.3) is 0 Å². The van der Waals surface area contributed by atoms with Crippen molar-refractivity contribution in [2.75, 3.05) is 26.2 Å². The van der Waals surface area contributed by atoms with Gasteiger partial charge in [0.05, 0.1) is 6.54 Å². The molecule has 0 saturated carbocycles. The lowest BCUT2D eigenvalue weighted by Crippen LogP contribution is -2.43. The Morgan fingerprint density at radius 2 is 1.64 bits per heavy atom. The molecule has 0 unspecified atom stereocenters. The standard InChI is InChI=1S/C9H19N3O2/c1-4-10-9(14)11-7-8(13)12(5-2)6-3/h4-7H2,1-3H3,(H2,10,11,14). The lowest BCUT2D eigenvalue weighted by molar-refractivity contribution is -0.129. The van der Waals surface area contributed by atoms with Crippen LogP contribution in [-0.4, -0.2) is 43.0 Å². The zero-order valence-corrected chi connectivity index (χ0v) is 9.09. The topological polar surface area (TPSA) is 61.4 Å². The van der Waals surface area contributed by atoms with E-state index in [0.717, 1.165) is 0 Å². The van der Waals surface area contributed by atoms with Crippen LogP contribution in [0.3, 0.4) is 0 Å². The zero-order chi connectivity index (χ0) is 11.0. The first-order valence-electron chi connectivity index (χ1n) is 4.95. The van der Waals surface area contributed by atoms with Crippen molar-refractivity contribution < 1.29 is 9.59 Å². The summed E-state index contributed by atoms with van der Waals surface area (Å²) < 4.78 is 0. The van der Waals surface area contributed by atoms with Gasteiger partial charge in [0.2, 0.25) is 5.91 Å². The van der Waals surface area contributed by atoms with E-state index in [0.29, 0.717) is 19.6 Å². The van der Waals surface area contributed by atoms with Crippen LogP contribution in [0.2, 0.25) is 0 Å². The number of urea groups is 1. The summed E-state index contributed by atoms with van der Waals surface area (Å²) in [4.78, 5) is 24.0. The molecule has 0 aliphatic rings. The number of carbonyl (C=O) groups excluding carboxylic acids is 2. The molecule has 0 radical (unpaired) electrons. The van der Waals surface area contributed by atoms with Crippen molar-refractivity contribution in [3.8, 4) is 0 Å². The number of likely N-dealkylation sites (N-methyl/N-ethyl adjacent to an activating group) is 1. The quantitative estimate of drug-likeness (QED) is 0.666. The van der Waals surface area contributed by atoms with E-state index >= 15 is 0 Å². The van der Waals surface area contributed by atoms with Gasteiger partial charge in [-0.25, -0.2) is 4.79 Å². The van der Waals surface area contributed by atoms with E-state index in [1.54, 1.807) is 4.90 Å². The maximum absolute atomic E-state index is 11.4. The zero-order valence-electron chi connectivity index (χ0n) is 9.09. The van der Waals surface area contributed by atoms with E-state index in [1.165, 1.54) is 0 Å². The first-order chi connectivity index (χ1) is 6.65. The minimum Gasteiger partial charge on any atom is -0.342 e. The van der Waals surface area contributed by atoms with Gasteiger partial charge in [0.1, 0.15) is 0 Å². The number of carbonyl (C=O) groups is 2. The predicted octanol–water partition coefficient (Wildman–Crippen LogP) is 0.174. The highest BCUT2D eigenvalue weighted by Crippen LogP contribution is 1.86. The van der Waals surface area contributed by atoms with Crippen LogP contribution in [0.4, 0.5) is 4.79 Å². The molecule has 0 fully saturated rings. The lowest BCUT2D eigenvalue weighted by atomic mass is 10.4. The molecule has 14 heavy (non-hydrogen) atoms. The molecule has 0 aliphatic carbocycles. The Kier molecular flexibility index (Phi) is 6.53. The molecule has 0 aliphatic heterocycles. The van der Waals surface area contributed by atoms with Crippen molar-refractivity contribution in [2.45, 2.75) is 20.8 Å². The van der Waals surface area contributed by atoms with E-state index in [9.17, 15) is 9.59 Å². The highest BCUT2D eigenvalue weighted by Gasteiger charge is 2.09. The summed E-state index contributed by atoms with van der Waals surface area (Å²) in [5.41, 5.74) is 0. The molecule has 0 aromatic carbocycles. The van der Waals surface area contributed by atoms with Gasteiger partial charge in [0.25, 0.3) is 0 Å². The molecule has 0 saturated heterocycles. The van der Waals surface area contributed by atoms with Crippen molar-refractivity contribution in [3.63, 3.8) is 0 Å². The van der Waals surface area contributed by atoms with E-state index in [1.807, 2.05) is 20.8 Å². The van der Waals surface area contributed by atoms with E-state index < -0.39 is 0 Å². The Balaban J connectivity index is 3.77. The summed E-state index contributed by atoms with van der Waals surface area (Å²) in [5.74, 6) is -0.0544. The molecule has 0 bridgehead atoms. The molecule has 0 atom stereocenters. The van der Waals surface area contributed by atoms with Crippen LogP contribution in [0.15, 0.2) is 0 Å². The third-order valence-corrected chi connectivity index (χ3v) is 1.85. The second-order valence-electron chi connectivity index (χ2n) is 2.78. The monoisotopic (exact) mass is 201 g/mol. The number of rotatable bonds is 5. The normalized spacial score (nSPS) is 9.36. The average molecular weight is 201 g/mol. The third-order valence-electron chi connectivity index (χ3n) is 1.85. The summed E-state index contributed by atoms with van der Waals surface area (Å²) in [6.07, 6.45) is 0. The van der Waals surface area contributed by atoms with Crippen LogP contribution in [0.5, 0.6) is 0 Å². The number of hydrogen-bond acceptors (Lipinski definition) is 2. The van der Waals surface area contributed by atoms with Gasteiger partial charge in [-0.15, -0.1) is 0 Å². The summed E-state index contributed by atoms with van der Waals surface area (Å²) in [7, 11) is 0. The minimum atomic E-state index is -0.298. The molecule has 2 N–H and O–H groups in total. The van der Waals surface area contributed by atoms with Gasteiger partial charge >= 0.3 is 6.03 Å². The first-order valence-corrected chi connectivity index (χ1v) is 4.95. The largest absolute Gasteiger partial charge is 0.342 e. The Morgan fingerprint density at radius 1 is 1.07 bits per heavy atom. The average Bonchev–Trinajstić information content (AvgIpc) is 2.17. The summed E-state index contributed by atoms with van der Waals surface area (Å²) >= 11 is 0. The van der Waals surface area contributed by atoms with Gasteiger partial charge in [0, 0.05) is 19.6 Å². The number of nitrogens with one attached hydrogen (secondary N) is 2. The molecular formula is C9H19N3O2. The highest BCUT2D eigenvalue weighted by atomic mass is 16.2. The van der Waals surface area contributed by atoms with E-state index in [-0.39, 0.29) is 18.5 Å². The van der Waals surface area contributed by atoms with E-state index in [4.69, 9.17) is 0 Å². The van der Waals surface area contributed by atoms with Crippen LogP contribution in [0.1, 0.15) is 20.8 Å². The number of nitrogens with zero attached hydrogens (tertiary/aromatic N) is 1. The maximum atomic E-state index is 11.4. The molecule has 0 spiro atoms. The number of hydrogen-bond donors (Lipinski definition) is 2. The van der Waals surface area contributed by atoms with E-state index in [2.05, 4.69) is 10.6 Å². The molecule has 0 aromatic rings. The van der Waals surface area contributed by atoms with Crippen LogP contribution < -0.4 is 10.6 Å². The van der Waals surface area contributed by atoms with Crippen molar-refractivity contribution in [2.24, 2.45) is 0 Å². The predicted molar refractivity (Wildman–Crippen MR) is 55.0 cm³/mol. The van der Waals surface area contributed by atoms with Crippen molar-refractivity contribution >= 4 is 11.9 Å². The smallest absolute Gasteiger partial charge is 0.315 e. The summed E-state index contributed by atoms with van der Waals surface area (Å²) in [6, 6.07) is -0.298. The molecule has 0 rings (SSSR count). The Bertz CT molecular complexity index is 190.